The van der Waals surface area contributed by atoms with Crippen molar-refractivity contribution in [2.45, 2.75) is 12.1 Å². The third-order valence-corrected chi connectivity index (χ3v) is 5.25. The van der Waals surface area contributed by atoms with Gasteiger partial charge in [0.1, 0.15) is 12.4 Å². The molecule has 2 aliphatic heterocycles. The molecule has 30 heavy (non-hydrogen) atoms. The molecule has 4 rings (SSSR count). The maximum atomic E-state index is 12.9. The number of ether oxygens (including phenoxy) is 1. The van der Waals surface area contributed by atoms with E-state index in [1.807, 2.05) is 0 Å². The molecule has 1 fully saturated rings. The van der Waals surface area contributed by atoms with Crippen LogP contribution in [0.25, 0.3) is 0 Å². The van der Waals surface area contributed by atoms with Crippen LogP contribution in [-0.4, -0.2) is 48.1 Å². The Balaban J connectivity index is 1.67. The standard InChI is InChI=1S/C22H19N3O5/c1-30-17-8-9-18-15(11-17)12-25(19(18)27)13-22(20(28)23-21(29)24-22)16-6-4-14(5-7-16)3-2-10-26/h4-9,11,26H,10,12-13H2,1H3,(H2,23,24,28,29). The first-order valence-corrected chi connectivity index (χ1v) is 9.27. The summed E-state index contributed by atoms with van der Waals surface area (Å²) in [5, 5.41) is 13.8. The zero-order valence-electron chi connectivity index (χ0n) is 16.2. The van der Waals surface area contributed by atoms with E-state index in [0.29, 0.717) is 29.0 Å². The highest BCUT2D eigenvalue weighted by Gasteiger charge is 2.50. The van der Waals surface area contributed by atoms with E-state index in [1.54, 1.807) is 49.6 Å². The van der Waals surface area contributed by atoms with Crippen LogP contribution in [0, 0.1) is 11.8 Å². The highest BCUT2D eigenvalue weighted by Crippen LogP contribution is 2.32. The topological polar surface area (TPSA) is 108 Å². The summed E-state index contributed by atoms with van der Waals surface area (Å²) in [5.74, 6) is 5.24. The van der Waals surface area contributed by atoms with Crippen LogP contribution in [0.1, 0.15) is 27.0 Å². The number of carbonyl (C=O) groups is 3. The summed E-state index contributed by atoms with van der Waals surface area (Å²) in [6, 6.07) is 11.4. The Bertz CT molecular complexity index is 1100. The van der Waals surface area contributed by atoms with Crippen LogP contribution in [0.3, 0.4) is 0 Å². The van der Waals surface area contributed by atoms with Gasteiger partial charge in [-0.25, -0.2) is 4.79 Å². The predicted octanol–water partition coefficient (Wildman–Crippen LogP) is 0.730. The van der Waals surface area contributed by atoms with Crippen molar-refractivity contribution in [2.75, 3.05) is 20.3 Å². The zero-order valence-corrected chi connectivity index (χ0v) is 16.2. The third-order valence-electron chi connectivity index (χ3n) is 5.25. The summed E-state index contributed by atoms with van der Waals surface area (Å²) in [5.41, 5.74) is 1.12. The van der Waals surface area contributed by atoms with Gasteiger partial charge in [-0.1, -0.05) is 24.0 Å². The van der Waals surface area contributed by atoms with Gasteiger partial charge >= 0.3 is 6.03 Å². The lowest BCUT2D eigenvalue weighted by atomic mass is 9.88. The Labute approximate surface area is 172 Å². The fourth-order valence-electron chi connectivity index (χ4n) is 3.78. The Kier molecular flexibility index (Phi) is 4.90. The molecule has 0 spiro atoms. The monoisotopic (exact) mass is 405 g/mol. The van der Waals surface area contributed by atoms with Gasteiger partial charge in [-0.15, -0.1) is 0 Å². The number of hydrogen-bond donors (Lipinski definition) is 3. The van der Waals surface area contributed by atoms with Gasteiger partial charge in [-0.3, -0.25) is 14.9 Å². The van der Waals surface area contributed by atoms with Crippen LogP contribution in [0.5, 0.6) is 5.75 Å². The molecule has 1 unspecified atom stereocenters. The molecule has 0 aromatic heterocycles. The van der Waals surface area contributed by atoms with Crippen molar-refractivity contribution in [3.05, 3.63) is 64.7 Å². The minimum absolute atomic E-state index is 0.0257. The summed E-state index contributed by atoms with van der Waals surface area (Å²) >= 11 is 0. The van der Waals surface area contributed by atoms with Crippen molar-refractivity contribution < 1.29 is 24.2 Å². The maximum Gasteiger partial charge on any atom is 0.322 e. The van der Waals surface area contributed by atoms with Crippen molar-refractivity contribution in [1.29, 1.82) is 0 Å². The van der Waals surface area contributed by atoms with E-state index in [2.05, 4.69) is 22.5 Å². The maximum absolute atomic E-state index is 12.9. The molecule has 152 valence electrons. The minimum Gasteiger partial charge on any atom is -0.497 e. The quantitative estimate of drug-likeness (QED) is 0.514. The third kappa shape index (κ3) is 3.25. The normalized spacial score (nSPS) is 19.7. The van der Waals surface area contributed by atoms with Gasteiger partial charge in [0, 0.05) is 17.7 Å². The van der Waals surface area contributed by atoms with Crippen molar-refractivity contribution >= 4 is 17.8 Å². The van der Waals surface area contributed by atoms with Gasteiger partial charge < -0.3 is 20.1 Å². The Morgan fingerprint density at radius 2 is 1.93 bits per heavy atom. The number of rotatable bonds is 4. The number of fused-ring (bicyclic) bond motifs is 1. The number of benzene rings is 2. The Hall–Kier alpha value is -3.83. The van der Waals surface area contributed by atoms with Crippen molar-refractivity contribution in [1.82, 2.24) is 15.5 Å². The molecule has 2 aliphatic rings. The number of methoxy groups -OCH3 is 1. The summed E-state index contributed by atoms with van der Waals surface area (Å²) in [4.78, 5) is 39.3. The smallest absolute Gasteiger partial charge is 0.322 e. The predicted molar refractivity (Wildman–Crippen MR) is 106 cm³/mol. The molecule has 2 heterocycles. The zero-order chi connectivity index (χ0) is 21.3. The molecule has 2 aromatic carbocycles. The number of hydrogen-bond acceptors (Lipinski definition) is 5. The molecule has 1 atom stereocenters. The molecule has 0 aliphatic carbocycles. The molecular formula is C22H19N3O5. The van der Waals surface area contributed by atoms with E-state index in [0.717, 1.165) is 5.56 Å². The molecule has 4 amide bonds. The van der Waals surface area contributed by atoms with E-state index < -0.39 is 17.5 Å². The molecule has 2 aromatic rings. The number of urea groups is 1. The fraction of sp³-hybridized carbons (Fsp3) is 0.227. The average molecular weight is 405 g/mol. The van der Waals surface area contributed by atoms with E-state index in [1.165, 1.54) is 4.90 Å². The number of aliphatic hydroxyl groups is 1. The summed E-state index contributed by atoms with van der Waals surface area (Å²) in [7, 11) is 1.55. The lowest BCUT2D eigenvalue weighted by Gasteiger charge is -2.31. The van der Waals surface area contributed by atoms with E-state index in [9.17, 15) is 14.4 Å². The molecule has 1 saturated heterocycles. The second kappa shape index (κ2) is 7.54. The highest BCUT2D eigenvalue weighted by atomic mass is 16.5. The van der Waals surface area contributed by atoms with Crippen molar-refractivity contribution in [3.8, 4) is 17.6 Å². The van der Waals surface area contributed by atoms with Gasteiger partial charge in [0.05, 0.1) is 13.7 Å². The van der Waals surface area contributed by atoms with E-state index >= 15 is 0 Å². The largest absolute Gasteiger partial charge is 0.497 e. The summed E-state index contributed by atoms with van der Waals surface area (Å²) in [6.45, 7) is 0.0188. The lowest BCUT2D eigenvalue weighted by molar-refractivity contribution is -0.124. The van der Waals surface area contributed by atoms with Crippen LogP contribution in [-0.2, 0) is 16.9 Å². The molecule has 0 bridgehead atoms. The van der Waals surface area contributed by atoms with Crippen LogP contribution >= 0.6 is 0 Å². The average Bonchev–Trinajstić information content (AvgIpc) is 3.22. The fourth-order valence-corrected chi connectivity index (χ4v) is 3.78. The number of imide groups is 1. The number of amides is 4. The first-order chi connectivity index (χ1) is 14.5. The van der Waals surface area contributed by atoms with Gasteiger partial charge in [-0.05, 0) is 41.5 Å². The van der Waals surface area contributed by atoms with Crippen LogP contribution in [0.15, 0.2) is 42.5 Å². The van der Waals surface area contributed by atoms with Gasteiger partial charge in [0.25, 0.3) is 11.8 Å². The van der Waals surface area contributed by atoms with Crippen LogP contribution < -0.4 is 15.4 Å². The van der Waals surface area contributed by atoms with Gasteiger partial charge in [0.2, 0.25) is 0 Å². The summed E-state index contributed by atoms with van der Waals surface area (Å²) in [6.07, 6.45) is 0. The van der Waals surface area contributed by atoms with E-state index in [4.69, 9.17) is 9.84 Å². The number of nitrogens with zero attached hydrogens (tertiary/aromatic N) is 1. The second-order valence-corrected chi connectivity index (χ2v) is 7.04. The SMILES string of the molecule is COc1ccc2c(c1)CN(CC1(c3ccc(C#CCO)cc3)NC(=O)NC1=O)C2=O. The highest BCUT2D eigenvalue weighted by molar-refractivity contribution is 6.08. The first kappa shape index (κ1) is 19.5. The Morgan fingerprint density at radius 3 is 2.57 bits per heavy atom. The minimum atomic E-state index is -1.41. The summed E-state index contributed by atoms with van der Waals surface area (Å²) < 4.78 is 5.23. The van der Waals surface area contributed by atoms with Gasteiger partial charge in [-0.2, -0.15) is 0 Å². The van der Waals surface area contributed by atoms with E-state index in [-0.39, 0.29) is 19.1 Å². The second-order valence-electron chi connectivity index (χ2n) is 7.04. The Morgan fingerprint density at radius 1 is 1.17 bits per heavy atom. The molecule has 8 heteroatoms. The number of carbonyl (C=O) groups excluding carboxylic acids is 3. The number of aliphatic hydroxyl groups excluding tert-OH is 1. The van der Waals surface area contributed by atoms with Crippen molar-refractivity contribution in [2.24, 2.45) is 0 Å². The molecule has 0 saturated carbocycles. The molecule has 0 radical (unpaired) electrons. The first-order valence-electron chi connectivity index (χ1n) is 9.27. The lowest BCUT2D eigenvalue weighted by Crippen LogP contribution is -2.52. The van der Waals surface area contributed by atoms with Crippen LogP contribution in [0.4, 0.5) is 4.79 Å². The van der Waals surface area contributed by atoms with Gasteiger partial charge in [0.15, 0.2) is 5.54 Å². The molecule has 3 N–H and O–H groups in total. The molecule has 8 nitrogen and oxygen atoms in total. The van der Waals surface area contributed by atoms with Crippen LogP contribution in [0.2, 0.25) is 0 Å². The van der Waals surface area contributed by atoms with Crippen molar-refractivity contribution in [3.63, 3.8) is 0 Å². The number of nitrogens with one attached hydrogen (secondary N) is 2. The molecular weight excluding hydrogens is 386 g/mol.